The van der Waals surface area contributed by atoms with Crippen LogP contribution in [0.15, 0.2) is 47.1 Å². The number of benzene rings is 2. The van der Waals surface area contributed by atoms with Gasteiger partial charge in [-0.2, -0.15) is 11.8 Å². The molecule has 0 spiro atoms. The number of hydrogen-bond donors (Lipinski definition) is 1. The summed E-state index contributed by atoms with van der Waals surface area (Å²) < 4.78 is 0. The maximum absolute atomic E-state index is 13.3. The molecule has 2 aromatic carbocycles. The van der Waals surface area contributed by atoms with Gasteiger partial charge in [-0.25, -0.2) is 4.99 Å². The van der Waals surface area contributed by atoms with Crippen molar-refractivity contribution in [2.24, 2.45) is 10.7 Å². The van der Waals surface area contributed by atoms with E-state index in [9.17, 15) is 9.59 Å². The number of amides is 1. The lowest BCUT2D eigenvalue weighted by Crippen LogP contribution is -2.34. The molecule has 0 unspecified atom stereocenters. The predicted octanol–water partition coefficient (Wildman–Crippen LogP) is 4.65. The van der Waals surface area contributed by atoms with E-state index in [2.05, 4.69) is 30.0 Å². The average Bonchev–Trinajstić information content (AvgIpc) is 3.08. The molecule has 0 fully saturated rings. The first-order chi connectivity index (χ1) is 18.3. The van der Waals surface area contributed by atoms with Gasteiger partial charge >= 0.3 is 0 Å². The normalized spacial score (nSPS) is 12.9. The molecule has 0 saturated carbocycles. The van der Waals surface area contributed by atoms with Crippen molar-refractivity contribution < 1.29 is 9.59 Å². The molecule has 0 aliphatic carbocycles. The fourth-order valence-corrected chi connectivity index (χ4v) is 4.88. The van der Waals surface area contributed by atoms with Gasteiger partial charge < -0.3 is 15.5 Å². The largest absolute Gasteiger partial charge is 0.387 e. The number of nitrogens with two attached hydrogens (primary N) is 1. The third-order valence-electron chi connectivity index (χ3n) is 6.40. The molecule has 0 atom stereocenters. The lowest BCUT2D eigenvalue weighted by Gasteiger charge is -2.22. The van der Waals surface area contributed by atoms with Gasteiger partial charge in [0.15, 0.2) is 6.29 Å². The Morgan fingerprint density at radius 1 is 1.11 bits per heavy atom. The molecule has 2 radical (unpaired) electrons. The molecule has 6 nitrogen and oxygen atoms in total. The average molecular weight is 529 g/mol. The summed E-state index contributed by atoms with van der Waals surface area (Å²) in [5.41, 5.74) is 11.9. The van der Waals surface area contributed by atoms with Gasteiger partial charge in [0.2, 0.25) is 5.91 Å². The van der Waals surface area contributed by atoms with E-state index >= 15 is 0 Å². The summed E-state index contributed by atoms with van der Waals surface area (Å²) in [5.74, 6) is 1.38. The van der Waals surface area contributed by atoms with Gasteiger partial charge in [-0.05, 0) is 71.8 Å². The van der Waals surface area contributed by atoms with Gasteiger partial charge in [-0.15, -0.1) is 0 Å². The second kappa shape index (κ2) is 14.1. The number of amidine groups is 1. The summed E-state index contributed by atoms with van der Waals surface area (Å²) in [4.78, 5) is 33.6. The standard InChI is InChI=1S/C30H37BN4O2S/c1-5-10-35(11-6-2)30(37)25-16-26-27(31)17-24(18-28(26)33-29(32)19-25)21-7-8-23(20-36)22(15-21)9-12-34(3)13-14-38-4/h7-9,12,15-18,20H,5-6,10-11,13-14,19H2,1-4H3,(H2,32,33)/b12-9-. The Bertz CT molecular complexity index is 1250. The third-order valence-corrected chi connectivity index (χ3v) is 6.99. The quantitative estimate of drug-likeness (QED) is 0.321. The van der Waals surface area contributed by atoms with Crippen molar-refractivity contribution in [3.8, 4) is 11.1 Å². The number of fused-ring (bicyclic) bond motifs is 1. The molecule has 2 N–H and O–H groups in total. The third kappa shape index (κ3) is 7.41. The van der Waals surface area contributed by atoms with Gasteiger partial charge in [-0.1, -0.05) is 37.5 Å². The smallest absolute Gasteiger partial charge is 0.250 e. The highest BCUT2D eigenvalue weighted by atomic mass is 32.2. The number of thioether (sulfide) groups is 1. The molecule has 1 heterocycles. The predicted molar refractivity (Wildman–Crippen MR) is 164 cm³/mol. The Hall–Kier alpha value is -3.26. The molecule has 1 amide bonds. The summed E-state index contributed by atoms with van der Waals surface area (Å²) in [7, 11) is 8.55. The van der Waals surface area contributed by atoms with Crippen LogP contribution in [-0.2, 0) is 4.79 Å². The first-order valence-corrected chi connectivity index (χ1v) is 14.4. The van der Waals surface area contributed by atoms with Crippen LogP contribution >= 0.6 is 11.8 Å². The number of nitrogens with zero attached hydrogens (tertiary/aromatic N) is 3. The molecule has 198 valence electrons. The SMILES string of the molecule is [B]c1cc(-c2ccc(C=O)c(/C=C\N(C)CCSC)c2)cc2c1C=C(C(=O)N(CCC)CCC)CC(N)=N2. The van der Waals surface area contributed by atoms with Crippen LogP contribution in [-0.4, -0.2) is 74.4 Å². The van der Waals surface area contributed by atoms with Crippen molar-refractivity contribution in [1.82, 2.24) is 9.80 Å². The van der Waals surface area contributed by atoms with E-state index in [0.29, 0.717) is 46.8 Å². The summed E-state index contributed by atoms with van der Waals surface area (Å²) in [6, 6.07) is 9.52. The Morgan fingerprint density at radius 3 is 2.50 bits per heavy atom. The summed E-state index contributed by atoms with van der Waals surface area (Å²) in [6.45, 7) is 6.44. The van der Waals surface area contributed by atoms with Crippen LogP contribution in [0.3, 0.4) is 0 Å². The number of carbonyl (C=O) groups is 2. The zero-order chi connectivity index (χ0) is 27.7. The molecular formula is C30H37BN4O2S. The highest BCUT2D eigenvalue weighted by Gasteiger charge is 2.22. The minimum Gasteiger partial charge on any atom is -0.387 e. The summed E-state index contributed by atoms with van der Waals surface area (Å²) >= 11 is 1.79. The zero-order valence-electron chi connectivity index (χ0n) is 22.9. The molecule has 1 aliphatic rings. The van der Waals surface area contributed by atoms with Gasteiger partial charge in [0.1, 0.15) is 13.7 Å². The van der Waals surface area contributed by atoms with Crippen molar-refractivity contribution in [2.75, 3.05) is 38.7 Å². The highest BCUT2D eigenvalue weighted by Crippen LogP contribution is 2.32. The van der Waals surface area contributed by atoms with Crippen LogP contribution < -0.4 is 11.2 Å². The number of carbonyl (C=O) groups excluding carboxylic acids is 2. The van der Waals surface area contributed by atoms with E-state index in [4.69, 9.17) is 13.6 Å². The first-order valence-electron chi connectivity index (χ1n) is 13.0. The van der Waals surface area contributed by atoms with Crippen LogP contribution in [0.1, 0.15) is 54.6 Å². The van der Waals surface area contributed by atoms with Gasteiger partial charge in [0.25, 0.3) is 0 Å². The van der Waals surface area contributed by atoms with Crippen LogP contribution in [0.5, 0.6) is 0 Å². The Balaban J connectivity index is 2.00. The number of aliphatic imine (C=N–C) groups is 1. The van der Waals surface area contributed by atoms with Crippen molar-refractivity contribution in [3.05, 3.63) is 58.8 Å². The molecule has 0 bridgehead atoms. The number of aldehydes is 1. The second-order valence-corrected chi connectivity index (χ2v) is 10.5. The topological polar surface area (TPSA) is 79.0 Å². The Morgan fingerprint density at radius 2 is 1.84 bits per heavy atom. The van der Waals surface area contributed by atoms with E-state index in [-0.39, 0.29) is 12.3 Å². The van der Waals surface area contributed by atoms with E-state index < -0.39 is 0 Å². The van der Waals surface area contributed by atoms with E-state index in [1.54, 1.807) is 11.8 Å². The molecule has 2 aromatic rings. The highest BCUT2D eigenvalue weighted by molar-refractivity contribution is 7.98. The molecule has 0 saturated heterocycles. The molecule has 3 rings (SSSR count). The summed E-state index contributed by atoms with van der Waals surface area (Å²) in [5, 5.41) is 0. The van der Waals surface area contributed by atoms with Crippen LogP contribution in [0.2, 0.25) is 0 Å². The molecule has 0 aromatic heterocycles. The summed E-state index contributed by atoms with van der Waals surface area (Å²) in [6.07, 6.45) is 10.8. The van der Waals surface area contributed by atoms with Crippen LogP contribution in [0.4, 0.5) is 5.69 Å². The first kappa shape index (κ1) is 29.3. The lowest BCUT2D eigenvalue weighted by atomic mass is 9.85. The second-order valence-electron chi connectivity index (χ2n) is 9.49. The lowest BCUT2D eigenvalue weighted by molar-refractivity contribution is -0.127. The maximum atomic E-state index is 13.3. The van der Waals surface area contributed by atoms with Crippen molar-refractivity contribution >= 4 is 60.9 Å². The zero-order valence-corrected chi connectivity index (χ0v) is 23.7. The fraction of sp³-hybridized carbons (Fsp3) is 0.367. The van der Waals surface area contributed by atoms with Crippen LogP contribution in [0.25, 0.3) is 23.3 Å². The van der Waals surface area contributed by atoms with E-state index in [1.165, 1.54) is 0 Å². The van der Waals surface area contributed by atoms with Gasteiger partial charge in [0.05, 0.1) is 5.69 Å². The van der Waals surface area contributed by atoms with Crippen molar-refractivity contribution in [3.63, 3.8) is 0 Å². The van der Waals surface area contributed by atoms with Gasteiger partial charge in [0, 0.05) is 50.0 Å². The van der Waals surface area contributed by atoms with E-state index in [0.717, 1.165) is 48.1 Å². The number of rotatable bonds is 12. The minimum atomic E-state index is -0.0217. The fourth-order valence-electron chi connectivity index (χ4n) is 4.41. The van der Waals surface area contributed by atoms with E-state index in [1.807, 2.05) is 60.6 Å². The Labute approximate surface area is 232 Å². The molecule has 38 heavy (non-hydrogen) atoms. The van der Waals surface area contributed by atoms with Crippen molar-refractivity contribution in [2.45, 2.75) is 33.1 Å². The number of hydrogen-bond acceptors (Lipinski definition) is 6. The van der Waals surface area contributed by atoms with Crippen molar-refractivity contribution in [1.29, 1.82) is 0 Å². The molecule has 8 heteroatoms. The minimum absolute atomic E-state index is 0.0217. The van der Waals surface area contributed by atoms with Gasteiger partial charge in [-0.3, -0.25) is 9.59 Å². The maximum Gasteiger partial charge on any atom is 0.250 e. The monoisotopic (exact) mass is 528 g/mol. The molecule has 1 aliphatic heterocycles. The van der Waals surface area contributed by atoms with Crippen LogP contribution in [0, 0.1) is 0 Å². The molecular weight excluding hydrogens is 491 g/mol. The Kier molecular flexibility index (Phi) is 10.8.